The summed E-state index contributed by atoms with van der Waals surface area (Å²) in [5.74, 6) is -1.40. The number of methoxy groups -OCH3 is 1. The average molecular weight is 317 g/mol. The molecule has 3 rings (SSSR count). The molecule has 2 amide bonds. The van der Waals surface area contributed by atoms with Gasteiger partial charge in [-0.25, -0.2) is 4.79 Å². The number of rotatable bonds is 4. The first-order valence-electron chi connectivity index (χ1n) is 6.38. The second-order valence-corrected chi connectivity index (χ2v) is 5.51. The Balaban J connectivity index is 1.70. The van der Waals surface area contributed by atoms with Gasteiger partial charge < -0.3 is 4.74 Å². The Bertz CT molecular complexity index is 732. The Labute approximate surface area is 129 Å². The van der Waals surface area contributed by atoms with E-state index in [0.717, 1.165) is 5.06 Å². The molecule has 1 aromatic carbocycles. The third-order valence-electron chi connectivity index (χ3n) is 3.17. The fourth-order valence-electron chi connectivity index (χ4n) is 2.09. The van der Waals surface area contributed by atoms with Crippen molar-refractivity contribution in [1.82, 2.24) is 5.06 Å². The van der Waals surface area contributed by atoms with E-state index >= 15 is 0 Å². The zero-order chi connectivity index (χ0) is 15.7. The number of nitrogens with zero attached hydrogens (tertiary/aromatic N) is 1. The molecule has 1 aromatic heterocycles. The molecule has 0 saturated heterocycles. The van der Waals surface area contributed by atoms with E-state index in [0.29, 0.717) is 21.6 Å². The van der Waals surface area contributed by atoms with Gasteiger partial charge in [-0.1, -0.05) is 12.1 Å². The molecule has 6 nitrogen and oxygen atoms in total. The minimum atomic E-state index is -0.481. The summed E-state index contributed by atoms with van der Waals surface area (Å²) in [5, 5.41) is 2.38. The Morgan fingerprint density at radius 1 is 1.18 bits per heavy atom. The highest BCUT2D eigenvalue weighted by Gasteiger charge is 2.36. The highest BCUT2D eigenvalue weighted by molar-refractivity contribution is 7.10. The number of fused-ring (bicyclic) bond motifs is 1. The molecule has 0 atom stereocenters. The topological polar surface area (TPSA) is 72.9 Å². The predicted octanol–water partition coefficient (Wildman–Crippen LogP) is 2.26. The number of carbonyl (C=O) groups is 3. The Kier molecular flexibility index (Phi) is 3.74. The van der Waals surface area contributed by atoms with Gasteiger partial charge in [0.05, 0.1) is 23.8 Å². The number of amides is 2. The molecular weight excluding hydrogens is 306 g/mol. The van der Waals surface area contributed by atoms with Crippen molar-refractivity contribution in [2.75, 3.05) is 7.11 Å². The fraction of sp³-hybridized carbons (Fsp3) is 0.133. The molecule has 0 aliphatic carbocycles. The maximum Gasteiger partial charge on any atom is 0.338 e. The molecule has 0 fully saturated rings. The van der Waals surface area contributed by atoms with Crippen molar-refractivity contribution in [3.63, 3.8) is 0 Å². The maximum absolute atomic E-state index is 12.1. The van der Waals surface area contributed by atoms with E-state index < -0.39 is 17.8 Å². The van der Waals surface area contributed by atoms with Crippen LogP contribution >= 0.6 is 11.3 Å². The maximum atomic E-state index is 12.1. The van der Waals surface area contributed by atoms with Crippen molar-refractivity contribution < 1.29 is 24.0 Å². The number of ether oxygens (including phenoxy) is 1. The van der Waals surface area contributed by atoms with E-state index in [1.165, 1.54) is 18.4 Å². The number of esters is 1. The molecule has 0 spiro atoms. The number of carbonyl (C=O) groups excluding carboxylic acids is 3. The van der Waals surface area contributed by atoms with E-state index in [-0.39, 0.29) is 6.61 Å². The monoisotopic (exact) mass is 317 g/mol. The molecule has 0 radical (unpaired) electrons. The molecule has 2 aromatic rings. The van der Waals surface area contributed by atoms with Gasteiger partial charge in [0, 0.05) is 10.3 Å². The third kappa shape index (κ3) is 2.40. The lowest BCUT2D eigenvalue weighted by molar-refractivity contribution is -0.0998. The van der Waals surface area contributed by atoms with E-state index in [1.54, 1.807) is 35.7 Å². The standard InChI is InChI=1S/C15H11NO5S/c1-20-15(19)9-6-10(22-8-9)7-21-16-13(17)11-4-2-3-5-12(11)14(16)18/h2-6,8H,7H2,1H3. The molecule has 22 heavy (non-hydrogen) atoms. The minimum Gasteiger partial charge on any atom is -0.465 e. The van der Waals surface area contributed by atoms with Crippen LogP contribution in [-0.2, 0) is 16.2 Å². The van der Waals surface area contributed by atoms with Crippen LogP contribution in [0, 0.1) is 0 Å². The van der Waals surface area contributed by atoms with Crippen molar-refractivity contribution in [1.29, 1.82) is 0 Å². The summed E-state index contributed by atoms with van der Waals surface area (Å²) in [6.07, 6.45) is 0. The summed E-state index contributed by atoms with van der Waals surface area (Å²) in [4.78, 5) is 41.6. The Morgan fingerprint density at radius 2 is 1.82 bits per heavy atom. The van der Waals surface area contributed by atoms with Gasteiger partial charge in [0.15, 0.2) is 0 Å². The molecule has 0 bridgehead atoms. The normalized spacial score (nSPS) is 13.4. The van der Waals surface area contributed by atoms with Gasteiger partial charge in [-0.2, -0.15) is 0 Å². The van der Waals surface area contributed by atoms with Crippen LogP contribution in [0.25, 0.3) is 0 Å². The first kappa shape index (κ1) is 14.4. The quantitative estimate of drug-likeness (QED) is 0.639. The zero-order valence-corrected chi connectivity index (χ0v) is 12.4. The molecule has 7 heteroatoms. The predicted molar refractivity (Wildman–Crippen MR) is 77.4 cm³/mol. The van der Waals surface area contributed by atoms with Gasteiger partial charge in [-0.05, 0) is 18.2 Å². The minimum absolute atomic E-state index is 0.0210. The molecule has 0 saturated carbocycles. The Hall–Kier alpha value is -2.51. The van der Waals surface area contributed by atoms with Gasteiger partial charge >= 0.3 is 5.97 Å². The van der Waals surface area contributed by atoms with Crippen LogP contribution < -0.4 is 0 Å². The summed E-state index contributed by atoms with van der Waals surface area (Å²) < 4.78 is 4.61. The fourth-order valence-corrected chi connectivity index (χ4v) is 2.85. The van der Waals surface area contributed by atoms with Crippen LogP contribution in [0.2, 0.25) is 0 Å². The second-order valence-electron chi connectivity index (χ2n) is 4.52. The lowest BCUT2D eigenvalue weighted by atomic mass is 10.1. The van der Waals surface area contributed by atoms with E-state index in [4.69, 9.17) is 4.84 Å². The van der Waals surface area contributed by atoms with Gasteiger partial charge in [0.25, 0.3) is 11.8 Å². The van der Waals surface area contributed by atoms with Crippen molar-refractivity contribution in [2.24, 2.45) is 0 Å². The van der Waals surface area contributed by atoms with Crippen molar-refractivity contribution in [3.8, 4) is 0 Å². The molecular formula is C15H11NO5S. The molecule has 112 valence electrons. The summed E-state index contributed by atoms with van der Waals surface area (Å²) in [6.45, 7) is 0.0210. The number of hydrogen-bond acceptors (Lipinski definition) is 6. The van der Waals surface area contributed by atoms with E-state index in [1.807, 2.05) is 0 Å². The highest BCUT2D eigenvalue weighted by atomic mass is 32.1. The van der Waals surface area contributed by atoms with Crippen LogP contribution in [0.1, 0.15) is 36.0 Å². The highest BCUT2D eigenvalue weighted by Crippen LogP contribution is 2.24. The Morgan fingerprint density at radius 3 is 2.41 bits per heavy atom. The zero-order valence-electron chi connectivity index (χ0n) is 11.6. The van der Waals surface area contributed by atoms with Gasteiger partial charge in [-0.3, -0.25) is 14.4 Å². The van der Waals surface area contributed by atoms with Crippen LogP contribution in [0.3, 0.4) is 0 Å². The van der Waals surface area contributed by atoms with Gasteiger partial charge in [0.1, 0.15) is 6.61 Å². The van der Waals surface area contributed by atoms with Crippen molar-refractivity contribution >= 4 is 29.1 Å². The van der Waals surface area contributed by atoms with Crippen molar-refractivity contribution in [3.05, 3.63) is 57.3 Å². The van der Waals surface area contributed by atoms with Crippen LogP contribution in [-0.4, -0.2) is 30.0 Å². The molecule has 0 unspecified atom stereocenters. The van der Waals surface area contributed by atoms with E-state index in [2.05, 4.69) is 4.74 Å². The summed E-state index contributed by atoms with van der Waals surface area (Å²) in [6, 6.07) is 8.15. The number of hydroxylamine groups is 2. The molecule has 0 N–H and O–H groups in total. The van der Waals surface area contributed by atoms with Gasteiger partial charge in [0.2, 0.25) is 0 Å². The first-order valence-corrected chi connectivity index (χ1v) is 7.26. The molecule has 1 aliphatic rings. The second kappa shape index (κ2) is 5.70. The third-order valence-corrected chi connectivity index (χ3v) is 4.08. The first-order chi connectivity index (χ1) is 10.6. The molecule has 2 heterocycles. The number of hydrogen-bond donors (Lipinski definition) is 0. The lowest BCUT2D eigenvalue weighted by Crippen LogP contribution is -2.29. The van der Waals surface area contributed by atoms with E-state index in [9.17, 15) is 14.4 Å². The number of imide groups is 1. The number of benzene rings is 1. The van der Waals surface area contributed by atoms with Crippen LogP contribution in [0.15, 0.2) is 35.7 Å². The SMILES string of the molecule is COC(=O)c1csc(CON2C(=O)c3ccccc3C2=O)c1. The number of thiophene rings is 1. The summed E-state index contributed by atoms with van der Waals surface area (Å²) in [7, 11) is 1.30. The lowest BCUT2D eigenvalue weighted by Gasteiger charge is -2.12. The average Bonchev–Trinajstić information content (AvgIpc) is 3.10. The van der Waals surface area contributed by atoms with Crippen molar-refractivity contribution in [2.45, 2.75) is 6.61 Å². The van der Waals surface area contributed by atoms with Crippen LogP contribution in [0.5, 0.6) is 0 Å². The largest absolute Gasteiger partial charge is 0.465 e. The van der Waals surface area contributed by atoms with Gasteiger partial charge in [-0.15, -0.1) is 16.4 Å². The molecule has 1 aliphatic heterocycles. The smallest absolute Gasteiger partial charge is 0.338 e. The summed E-state index contributed by atoms with van der Waals surface area (Å²) in [5.41, 5.74) is 1.07. The van der Waals surface area contributed by atoms with Crippen LogP contribution in [0.4, 0.5) is 0 Å². The summed E-state index contributed by atoms with van der Waals surface area (Å²) >= 11 is 1.29.